The summed E-state index contributed by atoms with van der Waals surface area (Å²) in [6.45, 7) is 2.04. The first-order valence-electron chi connectivity index (χ1n) is 5.53. The van der Waals surface area contributed by atoms with Gasteiger partial charge in [0.15, 0.2) is 0 Å². The lowest BCUT2D eigenvalue weighted by atomic mass is 10.1. The van der Waals surface area contributed by atoms with E-state index in [-0.39, 0.29) is 5.56 Å². The Bertz CT molecular complexity index is 700. The second kappa shape index (κ2) is 3.81. The summed E-state index contributed by atoms with van der Waals surface area (Å²) >= 11 is 3.40. The van der Waals surface area contributed by atoms with Crippen LogP contribution in [-0.2, 0) is 6.42 Å². The molecule has 4 heteroatoms. The van der Waals surface area contributed by atoms with E-state index in [1.807, 2.05) is 31.3 Å². The van der Waals surface area contributed by atoms with Crippen LogP contribution in [0.15, 0.2) is 33.0 Å². The first kappa shape index (κ1) is 10.7. The topological polar surface area (TPSA) is 34.9 Å². The third kappa shape index (κ3) is 1.72. The van der Waals surface area contributed by atoms with Gasteiger partial charge < -0.3 is 0 Å². The van der Waals surface area contributed by atoms with E-state index in [0.29, 0.717) is 5.39 Å². The number of hydrogen-bond donors (Lipinski definition) is 0. The van der Waals surface area contributed by atoms with Crippen molar-refractivity contribution >= 4 is 33.0 Å². The largest absolute Gasteiger partial charge is 0.271 e. The summed E-state index contributed by atoms with van der Waals surface area (Å²) < 4.78 is 2.62. The van der Waals surface area contributed by atoms with Gasteiger partial charge in [-0.1, -0.05) is 21.5 Å². The number of benzene rings is 1. The molecule has 0 radical (unpaired) electrons. The fourth-order valence-corrected chi connectivity index (χ4v) is 2.47. The van der Waals surface area contributed by atoms with E-state index in [0.717, 1.165) is 28.7 Å². The molecule has 2 heterocycles. The Balaban J connectivity index is 2.41. The molecular weight excluding hydrogens is 280 g/mol. The zero-order valence-electron chi connectivity index (χ0n) is 9.40. The molecule has 1 aromatic heterocycles. The molecule has 0 unspecified atom stereocenters. The molecule has 3 nitrogen and oxygen atoms in total. The van der Waals surface area contributed by atoms with Gasteiger partial charge in [0.25, 0.3) is 5.56 Å². The lowest BCUT2D eigenvalue weighted by Gasteiger charge is -2.15. The molecule has 0 aliphatic carbocycles. The number of fused-ring (bicyclic) bond motifs is 2. The van der Waals surface area contributed by atoms with E-state index in [2.05, 4.69) is 20.9 Å². The second-order valence-corrected chi connectivity index (χ2v) is 5.26. The van der Waals surface area contributed by atoms with Crippen molar-refractivity contribution in [3.63, 3.8) is 0 Å². The first-order chi connectivity index (χ1) is 8.15. The Labute approximate surface area is 107 Å². The monoisotopic (exact) mass is 290 g/mol. The molecule has 0 atom stereocenters. The van der Waals surface area contributed by atoms with Crippen LogP contribution < -0.4 is 5.56 Å². The quantitative estimate of drug-likeness (QED) is 0.748. The molecule has 0 N–H and O–H groups in total. The molecule has 1 aromatic carbocycles. The average molecular weight is 291 g/mol. The van der Waals surface area contributed by atoms with Gasteiger partial charge >= 0.3 is 0 Å². The maximum atomic E-state index is 12.3. The number of aryl methyl sites for hydroxylation is 1. The van der Waals surface area contributed by atoms with Crippen molar-refractivity contribution in [1.82, 2.24) is 9.55 Å². The lowest BCUT2D eigenvalue weighted by molar-refractivity contribution is 0.770. The summed E-state index contributed by atoms with van der Waals surface area (Å²) in [5, 5.41) is 0.669. The van der Waals surface area contributed by atoms with Gasteiger partial charge in [0, 0.05) is 17.1 Å². The van der Waals surface area contributed by atoms with Gasteiger partial charge in [0.2, 0.25) is 0 Å². The standard InChI is InChI=1S/C13H11BrN2O/c1-8-2-5-12-15-11-6-9(14)3-4-10(11)13(17)16(12)7-8/h3-4,6-7H,2,5H2,1H3. The third-order valence-electron chi connectivity index (χ3n) is 3.03. The second-order valence-electron chi connectivity index (χ2n) is 4.34. The molecule has 0 amide bonds. The maximum Gasteiger partial charge on any atom is 0.265 e. The van der Waals surface area contributed by atoms with Gasteiger partial charge in [-0.15, -0.1) is 0 Å². The molecule has 17 heavy (non-hydrogen) atoms. The molecule has 0 bridgehead atoms. The van der Waals surface area contributed by atoms with Crippen LogP contribution in [-0.4, -0.2) is 9.55 Å². The van der Waals surface area contributed by atoms with Gasteiger partial charge in [-0.25, -0.2) is 4.98 Å². The van der Waals surface area contributed by atoms with Crippen LogP contribution in [0, 0.1) is 0 Å². The minimum absolute atomic E-state index is 0.0246. The number of rotatable bonds is 0. The summed E-state index contributed by atoms with van der Waals surface area (Å²) in [7, 11) is 0. The molecule has 2 aromatic rings. The highest BCUT2D eigenvalue weighted by Gasteiger charge is 2.13. The normalized spacial score (nSPS) is 14.6. The smallest absolute Gasteiger partial charge is 0.265 e. The van der Waals surface area contributed by atoms with Gasteiger partial charge in [0.1, 0.15) is 5.82 Å². The Morgan fingerprint density at radius 1 is 1.35 bits per heavy atom. The Morgan fingerprint density at radius 3 is 3.00 bits per heavy atom. The maximum absolute atomic E-state index is 12.3. The van der Waals surface area contributed by atoms with Crippen molar-refractivity contribution in [2.45, 2.75) is 19.8 Å². The predicted octanol–water partition coefficient (Wildman–Crippen LogP) is 2.97. The number of nitrogens with zero attached hydrogens (tertiary/aromatic N) is 2. The number of halogens is 1. The van der Waals surface area contributed by atoms with Gasteiger partial charge in [-0.3, -0.25) is 9.36 Å². The van der Waals surface area contributed by atoms with Crippen LogP contribution in [0.5, 0.6) is 0 Å². The summed E-state index contributed by atoms with van der Waals surface area (Å²) in [6.07, 6.45) is 3.71. The van der Waals surface area contributed by atoms with E-state index >= 15 is 0 Å². The molecule has 3 rings (SSSR count). The van der Waals surface area contributed by atoms with E-state index in [4.69, 9.17) is 0 Å². The molecule has 1 aliphatic rings. The van der Waals surface area contributed by atoms with Crippen molar-refractivity contribution in [2.24, 2.45) is 0 Å². The third-order valence-corrected chi connectivity index (χ3v) is 3.52. The molecule has 0 spiro atoms. The zero-order valence-corrected chi connectivity index (χ0v) is 11.0. The fraction of sp³-hybridized carbons (Fsp3) is 0.231. The van der Waals surface area contributed by atoms with Crippen LogP contribution in [0.25, 0.3) is 17.1 Å². The van der Waals surface area contributed by atoms with Crippen LogP contribution >= 0.6 is 15.9 Å². The highest BCUT2D eigenvalue weighted by atomic mass is 79.9. The highest BCUT2D eigenvalue weighted by molar-refractivity contribution is 9.10. The molecular formula is C13H11BrN2O. The van der Waals surface area contributed by atoms with Crippen LogP contribution in [0.1, 0.15) is 19.2 Å². The predicted molar refractivity (Wildman–Crippen MR) is 72.0 cm³/mol. The van der Waals surface area contributed by atoms with E-state index < -0.39 is 0 Å². The summed E-state index contributed by atoms with van der Waals surface area (Å²) in [4.78, 5) is 16.9. The van der Waals surface area contributed by atoms with Crippen molar-refractivity contribution in [3.05, 3.63) is 44.4 Å². The van der Waals surface area contributed by atoms with E-state index in [1.165, 1.54) is 5.57 Å². The molecule has 0 saturated heterocycles. The average Bonchev–Trinajstić information content (AvgIpc) is 2.30. The van der Waals surface area contributed by atoms with Crippen molar-refractivity contribution < 1.29 is 0 Å². The SMILES string of the molecule is CC1=Cn2c(nc3cc(Br)ccc3c2=O)CC1. The minimum Gasteiger partial charge on any atom is -0.271 e. The molecule has 86 valence electrons. The molecule has 1 aliphatic heterocycles. The lowest BCUT2D eigenvalue weighted by Crippen LogP contribution is -2.24. The minimum atomic E-state index is 0.0246. The van der Waals surface area contributed by atoms with Gasteiger partial charge in [-0.2, -0.15) is 0 Å². The molecule has 0 fully saturated rings. The van der Waals surface area contributed by atoms with Crippen LogP contribution in [0.2, 0.25) is 0 Å². The highest BCUT2D eigenvalue weighted by Crippen LogP contribution is 2.19. The fourth-order valence-electron chi connectivity index (χ4n) is 2.12. The Hall–Kier alpha value is -1.42. The zero-order chi connectivity index (χ0) is 12.0. The van der Waals surface area contributed by atoms with Crippen molar-refractivity contribution in [3.8, 4) is 0 Å². The summed E-state index contributed by atoms with van der Waals surface area (Å²) in [5.74, 6) is 0.853. The molecule has 0 saturated carbocycles. The first-order valence-corrected chi connectivity index (χ1v) is 6.32. The van der Waals surface area contributed by atoms with Gasteiger partial charge in [0.05, 0.1) is 10.9 Å². The van der Waals surface area contributed by atoms with E-state index in [1.54, 1.807) is 4.57 Å². The van der Waals surface area contributed by atoms with Crippen molar-refractivity contribution in [1.29, 1.82) is 0 Å². The Morgan fingerprint density at radius 2 is 2.18 bits per heavy atom. The number of hydrogen-bond acceptors (Lipinski definition) is 2. The number of allylic oxidation sites excluding steroid dienone is 1. The van der Waals surface area contributed by atoms with Gasteiger partial charge in [-0.05, 0) is 31.5 Å². The van der Waals surface area contributed by atoms with Crippen LogP contribution in [0.4, 0.5) is 0 Å². The number of aromatic nitrogens is 2. The van der Waals surface area contributed by atoms with Crippen molar-refractivity contribution in [2.75, 3.05) is 0 Å². The summed E-state index contributed by atoms with van der Waals surface area (Å²) in [6, 6.07) is 5.58. The van der Waals surface area contributed by atoms with E-state index in [9.17, 15) is 4.79 Å². The van der Waals surface area contributed by atoms with Crippen LogP contribution in [0.3, 0.4) is 0 Å². The Kier molecular flexibility index (Phi) is 2.40. The summed E-state index contributed by atoms with van der Waals surface area (Å²) in [5.41, 5.74) is 2.01.